The van der Waals surface area contributed by atoms with Crippen LogP contribution < -0.4 is 19.8 Å². The molecule has 2 N–H and O–H groups in total. The zero-order valence-electron chi connectivity index (χ0n) is 21.5. The summed E-state index contributed by atoms with van der Waals surface area (Å²) in [5.41, 5.74) is -4.63. The minimum Gasteiger partial charge on any atom is -0.507 e. The van der Waals surface area contributed by atoms with Gasteiger partial charge in [0.2, 0.25) is 0 Å². The highest BCUT2D eigenvalue weighted by atomic mass is 16.5. The van der Waals surface area contributed by atoms with Gasteiger partial charge >= 0.3 is 5.63 Å². The summed E-state index contributed by atoms with van der Waals surface area (Å²) in [5.74, 6) is 0.863. The van der Waals surface area contributed by atoms with E-state index in [9.17, 15) is 19.8 Å². The molecule has 0 saturated heterocycles. The first kappa shape index (κ1) is 24.4. The first-order valence-corrected chi connectivity index (χ1v) is 12.1. The van der Waals surface area contributed by atoms with Crippen LogP contribution in [0.3, 0.4) is 0 Å². The Morgan fingerprint density at radius 3 is 2.31 bits per heavy atom. The molecule has 0 radical (unpaired) electrons. The summed E-state index contributed by atoms with van der Waals surface area (Å²) < 4.78 is 22.7. The monoisotopic (exact) mass is 496 g/mol. The Hall–Kier alpha value is -3.26. The average Bonchev–Trinajstić information content (AvgIpc) is 2.83. The molecule has 2 fully saturated rings. The quantitative estimate of drug-likeness (QED) is 0.630. The zero-order chi connectivity index (χ0) is 26.3. The smallest absolute Gasteiger partial charge is 0.351 e. The van der Waals surface area contributed by atoms with Gasteiger partial charge in [0.25, 0.3) is 0 Å². The van der Waals surface area contributed by atoms with Gasteiger partial charge in [-0.05, 0) is 56.7 Å². The molecular weight excluding hydrogens is 464 g/mol. The van der Waals surface area contributed by atoms with Crippen LogP contribution in [0.4, 0.5) is 0 Å². The lowest BCUT2D eigenvalue weighted by Gasteiger charge is -2.63. The number of aliphatic hydroxyl groups is 2. The predicted octanol–water partition coefficient (Wildman–Crippen LogP) is 4.66. The summed E-state index contributed by atoms with van der Waals surface area (Å²) in [6.45, 7) is 7.36. The highest BCUT2D eigenvalue weighted by Gasteiger charge is 2.70. The van der Waals surface area contributed by atoms with Gasteiger partial charge in [0, 0.05) is 23.6 Å². The van der Waals surface area contributed by atoms with Crippen molar-refractivity contribution in [3.8, 4) is 28.6 Å². The van der Waals surface area contributed by atoms with Crippen LogP contribution >= 0.6 is 0 Å². The predicted molar refractivity (Wildman–Crippen MR) is 132 cm³/mol. The summed E-state index contributed by atoms with van der Waals surface area (Å²) in [6, 6.07) is 6.67. The maximum atomic E-state index is 13.5. The second kappa shape index (κ2) is 7.62. The molecule has 2 aliphatic carbocycles. The minimum absolute atomic E-state index is 0.145. The number of methoxy groups -OCH3 is 2. The number of ether oxygens (including phenoxy) is 3. The van der Waals surface area contributed by atoms with E-state index < -0.39 is 27.7 Å². The number of benzene rings is 1. The van der Waals surface area contributed by atoms with Gasteiger partial charge in [0.05, 0.1) is 25.2 Å². The molecule has 192 valence electrons. The van der Waals surface area contributed by atoms with Crippen LogP contribution in [0, 0.1) is 10.8 Å². The van der Waals surface area contributed by atoms with Crippen molar-refractivity contribution in [1.82, 2.24) is 0 Å². The SMILES string of the molecule is COc1ccc(-c2cc3c(c(=O)o2)C(O)=C2[C@@]4(C)C(=O)CCC(C)(C)[C@]4(O)CC[C@@]2(C)O3)cc1OC. The van der Waals surface area contributed by atoms with Gasteiger partial charge in [-0.2, -0.15) is 0 Å². The zero-order valence-corrected chi connectivity index (χ0v) is 21.5. The Labute approximate surface area is 209 Å². The topological polar surface area (TPSA) is 115 Å². The number of Topliss-reactive ketones (excluding diaryl/α,β-unsaturated/α-hetero) is 1. The molecule has 0 bridgehead atoms. The third kappa shape index (κ3) is 2.97. The molecule has 1 aliphatic heterocycles. The number of hydrogen-bond acceptors (Lipinski definition) is 8. The number of carbonyl (C=O) groups excluding carboxylic acids is 1. The average molecular weight is 497 g/mol. The number of rotatable bonds is 3. The molecule has 5 rings (SSSR count). The van der Waals surface area contributed by atoms with Gasteiger partial charge in [-0.3, -0.25) is 4.79 Å². The van der Waals surface area contributed by atoms with E-state index in [1.165, 1.54) is 14.2 Å². The van der Waals surface area contributed by atoms with Crippen LogP contribution in [0.2, 0.25) is 0 Å². The minimum atomic E-state index is -1.42. The van der Waals surface area contributed by atoms with Gasteiger partial charge in [-0.1, -0.05) is 13.8 Å². The van der Waals surface area contributed by atoms with Crippen LogP contribution in [-0.4, -0.2) is 41.4 Å². The Balaban J connectivity index is 1.71. The maximum Gasteiger partial charge on any atom is 0.351 e. The second-order valence-corrected chi connectivity index (χ2v) is 11.1. The van der Waals surface area contributed by atoms with Gasteiger partial charge in [-0.25, -0.2) is 4.79 Å². The van der Waals surface area contributed by atoms with E-state index in [1.807, 2.05) is 13.8 Å². The summed E-state index contributed by atoms with van der Waals surface area (Å²) >= 11 is 0. The van der Waals surface area contributed by atoms with E-state index in [1.54, 1.807) is 38.1 Å². The molecule has 3 atom stereocenters. The number of aliphatic hydroxyl groups excluding tert-OH is 1. The van der Waals surface area contributed by atoms with Crippen molar-refractivity contribution in [3.05, 3.63) is 45.8 Å². The standard InChI is InChI=1S/C28H32O8/c1-25(2)10-9-20(29)27(4)23-22(30)21-19(36-26(23,3)11-12-28(25,27)32)14-17(35-24(21)31)15-7-8-16(33-5)18(13-15)34-6/h7-8,13-14,30,32H,9-12H2,1-6H3/t26-,27-,28-/m1/s1. The van der Waals surface area contributed by atoms with Gasteiger partial charge in [0.1, 0.15) is 34.2 Å². The third-order valence-electron chi connectivity index (χ3n) is 8.87. The first-order chi connectivity index (χ1) is 16.8. The number of hydrogen-bond donors (Lipinski definition) is 2. The lowest BCUT2D eigenvalue weighted by atomic mass is 9.44. The Morgan fingerprint density at radius 1 is 0.944 bits per heavy atom. The van der Waals surface area contributed by atoms with Crippen molar-refractivity contribution >= 4 is 11.5 Å². The molecule has 3 aliphatic rings. The van der Waals surface area contributed by atoms with E-state index >= 15 is 0 Å². The Kier molecular flexibility index (Phi) is 5.17. The largest absolute Gasteiger partial charge is 0.507 e. The highest BCUT2D eigenvalue weighted by Crippen LogP contribution is 2.65. The molecule has 1 aromatic heterocycles. The molecule has 1 aromatic carbocycles. The molecule has 2 aromatic rings. The van der Waals surface area contributed by atoms with Crippen LogP contribution in [0.25, 0.3) is 17.1 Å². The second-order valence-electron chi connectivity index (χ2n) is 11.1. The third-order valence-corrected chi connectivity index (χ3v) is 8.87. The van der Waals surface area contributed by atoms with Crippen molar-refractivity contribution in [2.24, 2.45) is 10.8 Å². The molecule has 0 unspecified atom stereocenters. The van der Waals surface area contributed by atoms with E-state index in [2.05, 4.69) is 0 Å². The van der Waals surface area contributed by atoms with Crippen molar-refractivity contribution in [2.75, 3.05) is 14.2 Å². The van der Waals surface area contributed by atoms with Crippen molar-refractivity contribution < 1.29 is 33.6 Å². The van der Waals surface area contributed by atoms with Crippen molar-refractivity contribution in [1.29, 1.82) is 0 Å². The molecule has 2 saturated carbocycles. The number of carbonyl (C=O) groups is 1. The summed E-state index contributed by atoms with van der Waals surface area (Å²) in [4.78, 5) is 26.7. The van der Waals surface area contributed by atoms with Crippen LogP contribution in [0.15, 0.2) is 39.1 Å². The van der Waals surface area contributed by atoms with Gasteiger partial charge in [-0.15, -0.1) is 0 Å². The van der Waals surface area contributed by atoms with Crippen LogP contribution in [-0.2, 0) is 4.79 Å². The lowest BCUT2D eigenvalue weighted by Crippen LogP contribution is -2.70. The fourth-order valence-corrected chi connectivity index (χ4v) is 6.65. The Morgan fingerprint density at radius 2 is 1.64 bits per heavy atom. The van der Waals surface area contributed by atoms with E-state index in [4.69, 9.17) is 18.6 Å². The molecule has 8 heteroatoms. The van der Waals surface area contributed by atoms with E-state index in [0.717, 1.165) is 0 Å². The maximum absolute atomic E-state index is 13.5. The molecule has 8 nitrogen and oxygen atoms in total. The van der Waals surface area contributed by atoms with Crippen LogP contribution in [0.1, 0.15) is 58.9 Å². The Bertz CT molecular complexity index is 1370. The van der Waals surface area contributed by atoms with Gasteiger partial charge in [0.15, 0.2) is 11.5 Å². The lowest BCUT2D eigenvalue weighted by molar-refractivity contribution is -0.201. The normalized spacial score (nSPS) is 30.6. The first-order valence-electron chi connectivity index (χ1n) is 12.1. The number of fused-ring (bicyclic) bond motifs is 4. The van der Waals surface area contributed by atoms with Gasteiger partial charge < -0.3 is 28.8 Å². The van der Waals surface area contributed by atoms with Crippen LogP contribution in [0.5, 0.6) is 17.2 Å². The van der Waals surface area contributed by atoms with Crippen molar-refractivity contribution in [3.63, 3.8) is 0 Å². The fraction of sp³-hybridized carbons (Fsp3) is 0.500. The highest BCUT2D eigenvalue weighted by molar-refractivity contribution is 5.94. The summed E-state index contributed by atoms with van der Waals surface area (Å²) in [7, 11) is 3.04. The van der Waals surface area contributed by atoms with E-state index in [-0.39, 0.29) is 40.6 Å². The molecule has 0 spiro atoms. The van der Waals surface area contributed by atoms with E-state index in [0.29, 0.717) is 36.3 Å². The summed E-state index contributed by atoms with van der Waals surface area (Å²) in [5, 5.41) is 23.5. The fourth-order valence-electron chi connectivity index (χ4n) is 6.65. The summed E-state index contributed by atoms with van der Waals surface area (Å²) in [6.07, 6.45) is 1.48. The molecule has 0 amide bonds. The number of ketones is 1. The van der Waals surface area contributed by atoms with Crippen molar-refractivity contribution in [2.45, 2.75) is 64.6 Å². The molecule has 2 heterocycles. The molecular formula is C28H32O8. The molecule has 36 heavy (non-hydrogen) atoms.